The highest BCUT2D eigenvalue weighted by atomic mass is 32.1. The van der Waals surface area contributed by atoms with Crippen LogP contribution in [0, 0.1) is 0 Å². The number of rotatable bonds is 7. The number of carbonyl (C=O) groups excluding carboxylic acids is 3. The Morgan fingerprint density at radius 3 is 2.78 bits per heavy atom. The van der Waals surface area contributed by atoms with Crippen molar-refractivity contribution in [2.24, 2.45) is 0 Å². The van der Waals surface area contributed by atoms with E-state index in [0.717, 1.165) is 6.42 Å². The maximum absolute atomic E-state index is 12.2. The Bertz CT molecular complexity index is 681. The van der Waals surface area contributed by atoms with Gasteiger partial charge in [0.15, 0.2) is 5.11 Å². The lowest BCUT2D eigenvalue weighted by molar-refractivity contribution is -0.147. The van der Waals surface area contributed by atoms with E-state index in [-0.39, 0.29) is 29.8 Å². The van der Waals surface area contributed by atoms with Gasteiger partial charge < -0.3 is 20.3 Å². The van der Waals surface area contributed by atoms with Crippen LogP contribution in [0.5, 0.6) is 0 Å². The van der Waals surface area contributed by atoms with Crippen molar-refractivity contribution in [1.82, 2.24) is 15.5 Å². The van der Waals surface area contributed by atoms with E-state index >= 15 is 0 Å². The summed E-state index contributed by atoms with van der Waals surface area (Å²) >= 11 is 5.22. The van der Waals surface area contributed by atoms with E-state index in [4.69, 9.17) is 17.0 Å². The summed E-state index contributed by atoms with van der Waals surface area (Å²) in [6.07, 6.45) is 1.70. The molecule has 1 unspecified atom stereocenters. The monoisotopic (exact) mass is 391 g/mol. The second-order valence-corrected chi connectivity index (χ2v) is 6.61. The molecule has 0 bridgehead atoms. The number of esters is 1. The summed E-state index contributed by atoms with van der Waals surface area (Å²) in [5.41, 5.74) is 1.18. The van der Waals surface area contributed by atoms with Crippen LogP contribution >= 0.6 is 12.2 Å². The Labute approximate surface area is 164 Å². The summed E-state index contributed by atoms with van der Waals surface area (Å²) < 4.78 is 5.27. The number of nitrogens with zero attached hydrogens (tertiary/aromatic N) is 1. The van der Waals surface area contributed by atoms with Crippen molar-refractivity contribution >= 4 is 35.1 Å². The van der Waals surface area contributed by atoms with E-state index in [1.165, 1.54) is 5.56 Å². The fourth-order valence-corrected chi connectivity index (χ4v) is 3.10. The molecule has 1 heterocycles. The van der Waals surface area contributed by atoms with Crippen LogP contribution in [0.3, 0.4) is 0 Å². The average Bonchev–Trinajstić information content (AvgIpc) is 2.67. The third-order valence-corrected chi connectivity index (χ3v) is 4.57. The Morgan fingerprint density at radius 1 is 1.33 bits per heavy atom. The van der Waals surface area contributed by atoms with Crippen molar-refractivity contribution in [1.29, 1.82) is 0 Å². The molecular weight excluding hydrogens is 366 g/mol. The smallest absolute Gasteiger partial charge is 0.308 e. The van der Waals surface area contributed by atoms with Crippen LogP contribution in [0.1, 0.15) is 31.7 Å². The van der Waals surface area contributed by atoms with Crippen LogP contribution in [0.2, 0.25) is 0 Å². The Hall–Kier alpha value is -2.48. The van der Waals surface area contributed by atoms with Gasteiger partial charge in [0.25, 0.3) is 0 Å². The molecule has 0 radical (unpaired) electrons. The minimum absolute atomic E-state index is 0.112. The maximum atomic E-state index is 12.2. The third-order valence-electron chi connectivity index (χ3n) is 4.23. The van der Waals surface area contributed by atoms with Gasteiger partial charge in [0.2, 0.25) is 11.8 Å². The minimum Gasteiger partial charge on any atom is -0.466 e. The number of nitrogens with one attached hydrogen (secondary N) is 2. The number of hydrogen-bond acceptors (Lipinski definition) is 5. The summed E-state index contributed by atoms with van der Waals surface area (Å²) in [6, 6.07) is 9.17. The standard InChI is InChI=1S/C19H25N3O4S/c1-2-16(23)21-19(27)22-11-10-20-18(25)15(22)13-17(24)26-12-6-9-14-7-4-3-5-8-14/h3-5,7-8,15H,2,6,9-13H2,1H3,(H,20,25)(H,21,23,27). The van der Waals surface area contributed by atoms with Gasteiger partial charge in [-0.25, -0.2) is 0 Å². The van der Waals surface area contributed by atoms with Crippen LogP contribution in [0.4, 0.5) is 0 Å². The van der Waals surface area contributed by atoms with E-state index in [1.807, 2.05) is 30.3 Å². The predicted molar refractivity (Wildman–Crippen MR) is 105 cm³/mol. The van der Waals surface area contributed by atoms with Gasteiger partial charge in [0, 0.05) is 19.5 Å². The summed E-state index contributed by atoms with van der Waals surface area (Å²) in [5, 5.41) is 5.46. The van der Waals surface area contributed by atoms with E-state index in [2.05, 4.69) is 10.6 Å². The molecule has 146 valence electrons. The number of amides is 2. The molecule has 1 atom stereocenters. The predicted octanol–water partition coefficient (Wildman–Crippen LogP) is 1.16. The lowest BCUT2D eigenvalue weighted by atomic mass is 10.1. The number of benzene rings is 1. The molecule has 1 aliphatic rings. The highest BCUT2D eigenvalue weighted by Gasteiger charge is 2.34. The van der Waals surface area contributed by atoms with E-state index < -0.39 is 12.0 Å². The number of piperazine rings is 1. The van der Waals surface area contributed by atoms with Gasteiger partial charge in [0.05, 0.1) is 13.0 Å². The highest BCUT2D eigenvalue weighted by Crippen LogP contribution is 2.11. The zero-order chi connectivity index (χ0) is 19.6. The first-order valence-corrected chi connectivity index (χ1v) is 9.49. The normalized spacial score (nSPS) is 16.4. The molecule has 0 saturated carbocycles. The fraction of sp³-hybridized carbons (Fsp3) is 0.474. The topological polar surface area (TPSA) is 87.7 Å². The second-order valence-electron chi connectivity index (χ2n) is 6.22. The number of hydrogen-bond donors (Lipinski definition) is 2. The molecule has 27 heavy (non-hydrogen) atoms. The lowest BCUT2D eigenvalue weighted by Gasteiger charge is -2.36. The molecule has 1 saturated heterocycles. The van der Waals surface area contributed by atoms with Gasteiger partial charge >= 0.3 is 5.97 Å². The van der Waals surface area contributed by atoms with Crippen LogP contribution in [-0.2, 0) is 25.5 Å². The molecule has 0 spiro atoms. The van der Waals surface area contributed by atoms with Crippen molar-refractivity contribution in [2.45, 2.75) is 38.6 Å². The second kappa shape index (κ2) is 10.6. The first-order valence-electron chi connectivity index (χ1n) is 9.09. The molecule has 0 aliphatic carbocycles. The van der Waals surface area contributed by atoms with Crippen LogP contribution in [0.25, 0.3) is 0 Å². The quantitative estimate of drug-likeness (QED) is 0.412. The lowest BCUT2D eigenvalue weighted by Crippen LogP contribution is -2.60. The van der Waals surface area contributed by atoms with Crippen LogP contribution < -0.4 is 10.6 Å². The summed E-state index contributed by atoms with van der Waals surface area (Å²) in [7, 11) is 0. The van der Waals surface area contributed by atoms with E-state index in [9.17, 15) is 14.4 Å². The van der Waals surface area contributed by atoms with Gasteiger partial charge in [-0.05, 0) is 30.6 Å². The Kier molecular flexibility index (Phi) is 8.19. The number of aryl methyl sites for hydroxylation is 1. The molecule has 1 aliphatic heterocycles. The molecule has 8 heteroatoms. The highest BCUT2D eigenvalue weighted by molar-refractivity contribution is 7.80. The minimum atomic E-state index is -0.773. The van der Waals surface area contributed by atoms with Gasteiger partial charge in [0.1, 0.15) is 6.04 Å². The molecule has 2 amide bonds. The van der Waals surface area contributed by atoms with E-state index in [1.54, 1.807) is 11.8 Å². The van der Waals surface area contributed by atoms with E-state index in [0.29, 0.717) is 26.1 Å². The first-order chi connectivity index (χ1) is 13.0. The van der Waals surface area contributed by atoms with Gasteiger partial charge in [-0.1, -0.05) is 37.3 Å². The van der Waals surface area contributed by atoms with Gasteiger partial charge in [-0.2, -0.15) is 0 Å². The summed E-state index contributed by atoms with van der Waals surface area (Å²) in [4.78, 5) is 37.5. The molecule has 2 rings (SSSR count). The van der Waals surface area contributed by atoms with Crippen molar-refractivity contribution in [3.63, 3.8) is 0 Å². The zero-order valence-electron chi connectivity index (χ0n) is 15.4. The molecule has 1 aromatic carbocycles. The van der Waals surface area contributed by atoms with Gasteiger partial charge in [-0.3, -0.25) is 14.4 Å². The molecule has 1 fully saturated rings. The van der Waals surface area contributed by atoms with Crippen molar-refractivity contribution in [2.75, 3.05) is 19.7 Å². The van der Waals surface area contributed by atoms with Crippen LogP contribution in [0.15, 0.2) is 30.3 Å². The molecule has 0 aromatic heterocycles. The molecule has 7 nitrogen and oxygen atoms in total. The molecule has 1 aromatic rings. The molecular formula is C19H25N3O4S. The number of ether oxygens (including phenoxy) is 1. The summed E-state index contributed by atoms with van der Waals surface area (Å²) in [6.45, 7) is 2.84. The first kappa shape index (κ1) is 20.8. The zero-order valence-corrected chi connectivity index (χ0v) is 16.2. The van der Waals surface area contributed by atoms with Crippen molar-refractivity contribution in [3.05, 3.63) is 35.9 Å². The van der Waals surface area contributed by atoms with Crippen molar-refractivity contribution in [3.8, 4) is 0 Å². The Morgan fingerprint density at radius 2 is 2.07 bits per heavy atom. The van der Waals surface area contributed by atoms with Crippen molar-refractivity contribution < 1.29 is 19.1 Å². The Balaban J connectivity index is 1.82. The molecule has 2 N–H and O–H groups in total. The fourth-order valence-electron chi connectivity index (χ4n) is 2.76. The average molecular weight is 391 g/mol. The van der Waals surface area contributed by atoms with Gasteiger partial charge in [-0.15, -0.1) is 0 Å². The number of thiocarbonyl (C=S) groups is 1. The summed E-state index contributed by atoms with van der Waals surface area (Å²) in [5.74, 6) is -0.983. The maximum Gasteiger partial charge on any atom is 0.308 e. The number of carbonyl (C=O) groups is 3. The largest absolute Gasteiger partial charge is 0.466 e. The van der Waals surface area contributed by atoms with Crippen LogP contribution in [-0.4, -0.2) is 53.5 Å². The third kappa shape index (κ3) is 6.63. The SMILES string of the molecule is CCC(=O)NC(=S)N1CCNC(=O)C1CC(=O)OCCCc1ccccc1.